The van der Waals surface area contributed by atoms with Crippen molar-refractivity contribution >= 4 is 18.5 Å². The van der Waals surface area contributed by atoms with Crippen molar-refractivity contribution in [3.05, 3.63) is 29.4 Å². The van der Waals surface area contributed by atoms with Crippen LogP contribution in [0.3, 0.4) is 0 Å². The molecule has 0 spiro atoms. The molecule has 1 heterocycles. The number of pyridine rings is 1. The molecular formula is C5H4N2OS. The summed E-state index contributed by atoms with van der Waals surface area (Å²) in [5.41, 5.74) is 0.396. The molecule has 0 radical (unpaired) electrons. The third-order valence-corrected chi connectivity index (χ3v) is 1.07. The van der Waals surface area contributed by atoms with E-state index in [2.05, 4.69) is 17.8 Å². The zero-order valence-corrected chi connectivity index (χ0v) is 5.34. The summed E-state index contributed by atoms with van der Waals surface area (Å²) in [5.74, 6) is 0. The lowest BCUT2D eigenvalue weighted by molar-refractivity contribution is -0.262. The Balaban J connectivity index is 2.98. The van der Waals surface area contributed by atoms with Gasteiger partial charge < -0.3 is 12.8 Å². The summed E-state index contributed by atoms with van der Waals surface area (Å²) < 4.78 is 0.354. The molecule has 0 aromatic carbocycles. The first-order valence-electron chi connectivity index (χ1n) is 2.35. The van der Waals surface area contributed by atoms with Crippen LogP contribution >= 0.6 is 0 Å². The largest absolute Gasteiger partial charge is 0.364 e. The Kier molecular flexibility index (Phi) is 1.69. The summed E-state index contributed by atoms with van der Waals surface area (Å²) in [4.78, 5) is 14.0. The third-order valence-electron chi connectivity index (χ3n) is 0.857. The summed E-state index contributed by atoms with van der Waals surface area (Å²) >= 11 is 4.28. The molecule has 46 valence electrons. The Bertz CT molecular complexity index is 211. The zero-order chi connectivity index (χ0) is 6.69. The average Bonchev–Trinajstić information content (AvgIpc) is 1.90. The second kappa shape index (κ2) is 2.50. The quantitative estimate of drug-likeness (QED) is 0.430. The van der Waals surface area contributed by atoms with Crippen molar-refractivity contribution in [3.8, 4) is 0 Å². The summed E-state index contributed by atoms with van der Waals surface area (Å²) in [7, 11) is 0. The van der Waals surface area contributed by atoms with E-state index in [4.69, 9.17) is 0 Å². The molecular weight excluding hydrogens is 136 g/mol. The van der Waals surface area contributed by atoms with Crippen LogP contribution in [0.25, 0.3) is 0 Å². The van der Waals surface area contributed by atoms with Gasteiger partial charge in [-0.1, -0.05) is 4.17 Å². The van der Waals surface area contributed by atoms with Gasteiger partial charge in [-0.2, -0.15) is 0 Å². The topological polar surface area (TPSA) is 33.0 Å². The lowest BCUT2D eigenvalue weighted by Gasteiger charge is -1.88. The van der Waals surface area contributed by atoms with Crippen molar-refractivity contribution in [3.63, 3.8) is 0 Å². The lowest BCUT2D eigenvalue weighted by Crippen LogP contribution is -1.86. The number of hydrogen-bond donors (Lipinski definition) is 0. The number of rotatable bonds is 1. The van der Waals surface area contributed by atoms with Gasteiger partial charge in [-0.3, -0.25) is 4.98 Å². The highest BCUT2D eigenvalue weighted by Crippen LogP contribution is 2.04. The molecule has 0 atom stereocenters. The number of aromatic nitrogens is 1. The van der Waals surface area contributed by atoms with Gasteiger partial charge in [-0.15, -0.1) is 0 Å². The SMILES string of the molecule is O=[N+]([S-])c1cccnc1. The van der Waals surface area contributed by atoms with Crippen molar-refractivity contribution in [2.75, 3.05) is 0 Å². The highest BCUT2D eigenvalue weighted by atomic mass is 32.1. The van der Waals surface area contributed by atoms with Crippen LogP contribution < -0.4 is 0 Å². The third kappa shape index (κ3) is 1.43. The van der Waals surface area contributed by atoms with Crippen LogP contribution in [0.2, 0.25) is 0 Å². The van der Waals surface area contributed by atoms with E-state index in [1.54, 1.807) is 18.3 Å². The van der Waals surface area contributed by atoms with Crippen molar-refractivity contribution < 1.29 is 4.17 Å². The maximum absolute atomic E-state index is 10.3. The number of hydrogen-bond acceptors (Lipinski definition) is 3. The van der Waals surface area contributed by atoms with Crippen LogP contribution in [0.1, 0.15) is 0 Å². The molecule has 0 aliphatic heterocycles. The number of nitroso groups, excluding NO2 is 1. The first-order chi connectivity index (χ1) is 4.30. The van der Waals surface area contributed by atoms with Crippen molar-refractivity contribution in [1.29, 1.82) is 0 Å². The Morgan fingerprint density at radius 3 is 2.78 bits per heavy atom. The minimum Gasteiger partial charge on any atom is -0.364 e. The fraction of sp³-hybridized carbons (Fsp3) is 0. The van der Waals surface area contributed by atoms with Gasteiger partial charge in [0.25, 0.3) is 5.69 Å². The molecule has 0 unspecified atom stereocenters. The van der Waals surface area contributed by atoms with E-state index < -0.39 is 0 Å². The lowest BCUT2D eigenvalue weighted by atomic mass is 10.4. The molecule has 9 heavy (non-hydrogen) atoms. The zero-order valence-electron chi connectivity index (χ0n) is 4.52. The standard InChI is InChI=1S/C5H4N2OS/c8-7(9)5-2-1-3-6-4-5/h1-4H. The summed E-state index contributed by atoms with van der Waals surface area (Å²) in [6.07, 6.45) is 3.00. The van der Waals surface area contributed by atoms with E-state index >= 15 is 0 Å². The van der Waals surface area contributed by atoms with E-state index in [1.807, 2.05) is 0 Å². The molecule has 1 aromatic rings. The maximum atomic E-state index is 10.3. The molecule has 3 nitrogen and oxygen atoms in total. The van der Waals surface area contributed by atoms with Crippen LogP contribution in [0.15, 0.2) is 24.5 Å². The fourth-order valence-electron chi connectivity index (χ4n) is 0.462. The summed E-state index contributed by atoms with van der Waals surface area (Å²) in [5, 5.41) is 0. The molecule has 0 saturated heterocycles. The van der Waals surface area contributed by atoms with E-state index in [1.165, 1.54) is 6.20 Å². The van der Waals surface area contributed by atoms with E-state index in [0.29, 0.717) is 9.85 Å². The van der Waals surface area contributed by atoms with Crippen LogP contribution in [0, 0.1) is 4.91 Å². The fourth-order valence-corrected chi connectivity index (χ4v) is 0.570. The van der Waals surface area contributed by atoms with Gasteiger partial charge in [0.1, 0.15) is 6.20 Å². The van der Waals surface area contributed by atoms with Gasteiger partial charge in [0.15, 0.2) is 0 Å². The summed E-state index contributed by atoms with van der Waals surface area (Å²) in [6.45, 7) is 0. The van der Waals surface area contributed by atoms with E-state index in [-0.39, 0.29) is 0 Å². The maximum Gasteiger partial charge on any atom is 0.256 e. The molecule has 1 rings (SSSR count). The smallest absolute Gasteiger partial charge is 0.256 e. The van der Waals surface area contributed by atoms with Gasteiger partial charge in [-0.25, -0.2) is 0 Å². The molecule has 4 heteroatoms. The molecule has 1 aromatic heterocycles. The van der Waals surface area contributed by atoms with Crippen LogP contribution in [0.4, 0.5) is 5.69 Å². The Morgan fingerprint density at radius 2 is 2.44 bits per heavy atom. The predicted molar refractivity (Wildman–Crippen MR) is 34.9 cm³/mol. The predicted octanol–water partition coefficient (Wildman–Crippen LogP) is 0.954. The molecule has 0 saturated carbocycles. The number of nitrogens with zero attached hydrogens (tertiary/aromatic N) is 2. The average molecular weight is 140 g/mol. The Labute approximate surface area is 57.8 Å². The molecule has 0 bridgehead atoms. The summed E-state index contributed by atoms with van der Waals surface area (Å²) in [6, 6.07) is 3.26. The molecule has 0 amide bonds. The second-order valence-corrected chi connectivity index (χ2v) is 1.80. The van der Waals surface area contributed by atoms with E-state index in [9.17, 15) is 4.91 Å². The molecule has 0 fully saturated rings. The Hall–Kier alpha value is -1.03. The van der Waals surface area contributed by atoms with Crippen molar-refractivity contribution in [1.82, 2.24) is 4.98 Å². The normalized spacial score (nSPS) is 8.89. The first kappa shape index (κ1) is 6.10. The minimum absolute atomic E-state index is 0.354. The highest BCUT2D eigenvalue weighted by Gasteiger charge is 1.96. The first-order valence-corrected chi connectivity index (χ1v) is 2.71. The van der Waals surface area contributed by atoms with Gasteiger partial charge in [0.2, 0.25) is 0 Å². The van der Waals surface area contributed by atoms with Crippen LogP contribution in [0.5, 0.6) is 0 Å². The van der Waals surface area contributed by atoms with Gasteiger partial charge in [0.05, 0.1) is 0 Å². The van der Waals surface area contributed by atoms with Crippen molar-refractivity contribution in [2.24, 2.45) is 0 Å². The second-order valence-electron chi connectivity index (χ2n) is 1.47. The van der Waals surface area contributed by atoms with Crippen molar-refractivity contribution in [2.45, 2.75) is 0 Å². The van der Waals surface area contributed by atoms with E-state index in [0.717, 1.165) is 0 Å². The Morgan fingerprint density at radius 1 is 1.67 bits per heavy atom. The monoisotopic (exact) mass is 140 g/mol. The molecule has 0 aliphatic rings. The van der Waals surface area contributed by atoms with Crippen LogP contribution in [-0.4, -0.2) is 9.15 Å². The van der Waals surface area contributed by atoms with Gasteiger partial charge >= 0.3 is 0 Å². The van der Waals surface area contributed by atoms with Gasteiger partial charge in [0, 0.05) is 17.2 Å². The van der Waals surface area contributed by atoms with Gasteiger partial charge in [-0.05, 0) is 6.07 Å². The minimum atomic E-state index is 0.354. The molecule has 0 aliphatic carbocycles. The van der Waals surface area contributed by atoms with Crippen LogP contribution in [-0.2, 0) is 12.8 Å². The highest BCUT2D eigenvalue weighted by molar-refractivity contribution is 7.51. The molecule has 0 N–H and O–H groups in total.